The van der Waals surface area contributed by atoms with Gasteiger partial charge in [-0.15, -0.1) is 0 Å². The highest BCUT2D eigenvalue weighted by molar-refractivity contribution is 5.87. The van der Waals surface area contributed by atoms with E-state index in [0.717, 1.165) is 0 Å². The van der Waals surface area contributed by atoms with Gasteiger partial charge in [-0.25, -0.2) is 4.79 Å². The van der Waals surface area contributed by atoms with Gasteiger partial charge in [0.1, 0.15) is 12.1 Å². The Hall–Kier alpha value is -2.57. The van der Waals surface area contributed by atoms with Crippen molar-refractivity contribution in [1.29, 1.82) is 0 Å². The number of carboxylic acid groups (broad SMARTS) is 1. The fourth-order valence-electron chi connectivity index (χ4n) is 2.05. The lowest BCUT2D eigenvalue weighted by molar-refractivity contribution is -0.137. The zero-order valence-electron chi connectivity index (χ0n) is 14.4. The van der Waals surface area contributed by atoms with Crippen LogP contribution in [0.4, 0.5) is 4.79 Å². The molecule has 0 unspecified atom stereocenters. The normalized spacial score (nSPS) is 15.6. The van der Waals surface area contributed by atoms with Gasteiger partial charge in [0.2, 0.25) is 5.89 Å². The van der Waals surface area contributed by atoms with Crippen LogP contribution in [0.25, 0.3) is 0 Å². The number of carbonyl (C=O) groups excluding carboxylic acids is 2. The molecule has 0 aliphatic carbocycles. The summed E-state index contributed by atoms with van der Waals surface area (Å²) in [4.78, 5) is 38.3. The molecule has 7 N–H and O–H groups in total. The van der Waals surface area contributed by atoms with Gasteiger partial charge in [-0.2, -0.15) is 4.98 Å². The molecule has 1 heterocycles. The molecule has 4 atom stereocenters. The summed E-state index contributed by atoms with van der Waals surface area (Å²) in [5, 5.41) is 35.7. The maximum atomic E-state index is 12.1. The number of carbonyl (C=O) groups is 3. The van der Waals surface area contributed by atoms with Crippen LogP contribution in [0.1, 0.15) is 50.5 Å². The zero-order chi connectivity index (χ0) is 19.9. The molecular formula is C14H23N5O7. The summed E-state index contributed by atoms with van der Waals surface area (Å²) in [7, 11) is 0. The number of hydrogen-bond acceptors (Lipinski definition) is 9. The lowest BCUT2D eigenvalue weighted by Gasteiger charge is -2.21. The zero-order valence-corrected chi connectivity index (χ0v) is 14.4. The Morgan fingerprint density at radius 2 is 1.96 bits per heavy atom. The number of nitrogens with one attached hydrogen (secondary N) is 2. The van der Waals surface area contributed by atoms with Crippen LogP contribution in [-0.4, -0.2) is 62.0 Å². The molecule has 1 aromatic heterocycles. The third-order valence-electron chi connectivity index (χ3n) is 3.44. The molecule has 0 radical (unpaired) electrons. The summed E-state index contributed by atoms with van der Waals surface area (Å²) in [5.74, 6) is -1.66. The van der Waals surface area contributed by atoms with Crippen molar-refractivity contribution in [3.8, 4) is 0 Å². The van der Waals surface area contributed by atoms with E-state index in [1.165, 1.54) is 13.8 Å². The Kier molecular flexibility index (Phi) is 8.09. The molecule has 0 aliphatic heterocycles. The minimum Gasteiger partial charge on any atom is -0.481 e. The summed E-state index contributed by atoms with van der Waals surface area (Å²) in [6.45, 7) is 2.12. The van der Waals surface area contributed by atoms with Crippen molar-refractivity contribution in [3.63, 3.8) is 0 Å². The molecule has 0 aromatic carbocycles. The number of urea groups is 1. The van der Waals surface area contributed by atoms with Crippen molar-refractivity contribution >= 4 is 17.8 Å². The topological polar surface area (TPSA) is 201 Å². The van der Waals surface area contributed by atoms with Gasteiger partial charge in [-0.1, -0.05) is 5.16 Å². The molecule has 0 spiro atoms. The van der Waals surface area contributed by atoms with Crippen molar-refractivity contribution in [2.24, 2.45) is 5.73 Å². The van der Waals surface area contributed by atoms with Gasteiger partial charge in [0.25, 0.3) is 0 Å². The summed E-state index contributed by atoms with van der Waals surface area (Å²) >= 11 is 0. The SMILES string of the molecule is CC(=O)[C@H](NC(=O)N[C@H](CCC(=O)O)c1nc([C@H](N)CO)no1)[C@@H](C)O. The molecule has 12 nitrogen and oxygen atoms in total. The van der Waals surface area contributed by atoms with Crippen molar-refractivity contribution in [1.82, 2.24) is 20.8 Å². The van der Waals surface area contributed by atoms with Crippen LogP contribution in [0.15, 0.2) is 4.52 Å². The average Bonchev–Trinajstić information content (AvgIpc) is 3.04. The van der Waals surface area contributed by atoms with Crippen molar-refractivity contribution in [2.45, 2.75) is 50.9 Å². The van der Waals surface area contributed by atoms with Gasteiger partial charge in [0.05, 0.1) is 18.8 Å². The van der Waals surface area contributed by atoms with Crippen molar-refractivity contribution in [3.05, 3.63) is 11.7 Å². The predicted octanol–water partition coefficient (Wildman–Crippen LogP) is -1.39. The van der Waals surface area contributed by atoms with Gasteiger partial charge in [0.15, 0.2) is 11.6 Å². The first-order chi connectivity index (χ1) is 12.1. The Balaban J connectivity index is 2.89. The largest absolute Gasteiger partial charge is 0.481 e. The molecule has 146 valence electrons. The number of aliphatic hydroxyl groups excluding tert-OH is 2. The first-order valence-corrected chi connectivity index (χ1v) is 7.83. The Bertz CT molecular complexity index is 633. The molecule has 26 heavy (non-hydrogen) atoms. The van der Waals surface area contributed by atoms with Crippen LogP contribution in [0.5, 0.6) is 0 Å². The molecule has 0 bridgehead atoms. The smallest absolute Gasteiger partial charge is 0.316 e. The van der Waals surface area contributed by atoms with E-state index in [1.54, 1.807) is 0 Å². The quantitative estimate of drug-likeness (QED) is 0.283. The third-order valence-corrected chi connectivity index (χ3v) is 3.44. The van der Waals surface area contributed by atoms with Crippen LogP contribution >= 0.6 is 0 Å². The van der Waals surface area contributed by atoms with Crippen LogP contribution in [0, 0.1) is 0 Å². The number of nitrogens with zero attached hydrogens (tertiary/aromatic N) is 2. The maximum absolute atomic E-state index is 12.1. The number of ketones is 1. The van der Waals surface area contributed by atoms with Gasteiger partial charge < -0.3 is 36.2 Å². The monoisotopic (exact) mass is 373 g/mol. The van der Waals surface area contributed by atoms with E-state index in [2.05, 4.69) is 20.8 Å². The first kappa shape index (κ1) is 21.5. The number of aromatic nitrogens is 2. The highest BCUT2D eigenvalue weighted by Crippen LogP contribution is 2.18. The summed E-state index contributed by atoms with van der Waals surface area (Å²) in [5.41, 5.74) is 5.57. The number of carboxylic acids is 1. The molecule has 2 amide bonds. The van der Waals surface area contributed by atoms with E-state index in [4.69, 9.17) is 20.5 Å². The lowest BCUT2D eigenvalue weighted by atomic mass is 10.1. The molecule has 0 saturated heterocycles. The minimum atomic E-state index is -1.13. The number of aliphatic carboxylic acids is 1. The number of aliphatic hydroxyl groups is 2. The molecule has 0 aliphatic rings. The van der Waals surface area contributed by atoms with Gasteiger partial charge >= 0.3 is 12.0 Å². The summed E-state index contributed by atoms with van der Waals surface area (Å²) < 4.78 is 4.98. The predicted molar refractivity (Wildman–Crippen MR) is 85.7 cm³/mol. The second kappa shape index (κ2) is 9.79. The van der Waals surface area contributed by atoms with Crippen LogP contribution < -0.4 is 16.4 Å². The molecule has 1 aromatic rings. The fraction of sp³-hybridized carbons (Fsp3) is 0.643. The fourth-order valence-corrected chi connectivity index (χ4v) is 2.05. The van der Waals surface area contributed by atoms with Gasteiger partial charge in [-0.3, -0.25) is 9.59 Å². The molecular weight excluding hydrogens is 350 g/mol. The van der Waals surface area contributed by atoms with Crippen molar-refractivity contribution in [2.75, 3.05) is 6.61 Å². The number of hydrogen-bond donors (Lipinski definition) is 6. The Labute approximate surface area is 148 Å². The first-order valence-electron chi connectivity index (χ1n) is 7.83. The van der Waals surface area contributed by atoms with E-state index >= 15 is 0 Å². The second-order valence-electron chi connectivity index (χ2n) is 5.71. The number of Topliss-reactive ketones (excluding diaryl/α,β-unsaturated/α-hetero) is 1. The van der Waals surface area contributed by atoms with E-state index in [1.807, 2.05) is 0 Å². The van der Waals surface area contributed by atoms with E-state index in [0.29, 0.717) is 0 Å². The van der Waals surface area contributed by atoms with Gasteiger partial charge in [-0.05, 0) is 20.3 Å². The standard InChI is InChI=1S/C14H23N5O7/c1-6(21)11(7(2)22)17-14(25)16-9(3-4-10(23)24)13-18-12(19-26-13)8(15)5-20/h6,8-9,11,20-21H,3-5,15H2,1-2H3,(H,23,24)(H2,16,17,25)/t6-,8-,9-,11-/m1/s1. The van der Waals surface area contributed by atoms with E-state index in [-0.39, 0.29) is 24.6 Å². The Morgan fingerprint density at radius 3 is 2.46 bits per heavy atom. The Morgan fingerprint density at radius 1 is 1.31 bits per heavy atom. The van der Waals surface area contributed by atoms with Crippen molar-refractivity contribution < 1.29 is 34.2 Å². The van der Waals surface area contributed by atoms with Crippen LogP contribution in [0.2, 0.25) is 0 Å². The highest BCUT2D eigenvalue weighted by Gasteiger charge is 2.27. The summed E-state index contributed by atoms with van der Waals surface area (Å²) in [6, 6.07) is -3.82. The summed E-state index contributed by atoms with van der Waals surface area (Å²) in [6.07, 6.45) is -1.49. The van der Waals surface area contributed by atoms with E-state index < -0.39 is 48.6 Å². The molecule has 0 fully saturated rings. The minimum absolute atomic E-state index is 0.00405. The number of amides is 2. The second-order valence-corrected chi connectivity index (χ2v) is 5.71. The highest BCUT2D eigenvalue weighted by atomic mass is 16.5. The average molecular weight is 373 g/mol. The molecule has 0 saturated carbocycles. The van der Waals surface area contributed by atoms with Crippen LogP contribution in [0.3, 0.4) is 0 Å². The van der Waals surface area contributed by atoms with E-state index in [9.17, 15) is 19.5 Å². The molecule has 1 rings (SSSR count). The van der Waals surface area contributed by atoms with Crippen LogP contribution in [-0.2, 0) is 9.59 Å². The molecule has 12 heteroatoms. The maximum Gasteiger partial charge on any atom is 0.316 e. The number of nitrogens with two attached hydrogens (primary N) is 1. The lowest BCUT2D eigenvalue weighted by Crippen LogP contribution is -2.51. The number of rotatable bonds is 10. The van der Waals surface area contributed by atoms with Gasteiger partial charge in [0, 0.05) is 6.42 Å². The third kappa shape index (κ3) is 6.38.